The fraction of sp³-hybridized carbons (Fsp3) is 0.500. The summed E-state index contributed by atoms with van der Waals surface area (Å²) < 4.78 is 26.1. The molecule has 1 atom stereocenters. The Hall–Kier alpha value is -0.630. The van der Waals surface area contributed by atoms with Crippen molar-refractivity contribution in [2.24, 2.45) is 0 Å². The van der Waals surface area contributed by atoms with Crippen molar-refractivity contribution in [2.45, 2.75) is 38.0 Å². The predicted molar refractivity (Wildman–Crippen MR) is 59.2 cm³/mol. The third-order valence-electron chi connectivity index (χ3n) is 2.34. The zero-order valence-electron chi connectivity index (χ0n) is 8.77. The Morgan fingerprint density at radius 1 is 1.33 bits per heavy atom. The molecule has 0 aliphatic heterocycles. The molecule has 1 unspecified atom stereocenters. The van der Waals surface area contributed by atoms with Crippen LogP contribution in [0.2, 0.25) is 0 Å². The second-order valence-corrected chi connectivity index (χ2v) is 4.27. The summed E-state index contributed by atoms with van der Waals surface area (Å²) in [6, 6.07) is 4.21. The second kappa shape index (κ2) is 6.06. The lowest BCUT2D eigenvalue weighted by Crippen LogP contribution is -2.06. The predicted octanol–water partition coefficient (Wildman–Crippen LogP) is 4.30. The zero-order valence-corrected chi connectivity index (χ0v) is 9.53. The summed E-state index contributed by atoms with van der Waals surface area (Å²) in [5.74, 6) is -1.56. The molecule has 0 aliphatic rings. The van der Waals surface area contributed by atoms with Gasteiger partial charge in [0.25, 0.3) is 0 Å². The van der Waals surface area contributed by atoms with Crippen molar-refractivity contribution < 1.29 is 8.78 Å². The molecule has 0 fully saturated rings. The first-order chi connectivity index (χ1) is 7.15. The molecule has 84 valence electrons. The SMILES string of the molecule is CCCCC(Cl)Cc1cccc(F)c1F. The largest absolute Gasteiger partial charge is 0.204 e. The van der Waals surface area contributed by atoms with Gasteiger partial charge in [-0.05, 0) is 24.5 Å². The van der Waals surface area contributed by atoms with Gasteiger partial charge in [0.2, 0.25) is 0 Å². The van der Waals surface area contributed by atoms with E-state index in [9.17, 15) is 8.78 Å². The van der Waals surface area contributed by atoms with Gasteiger partial charge in [0, 0.05) is 5.38 Å². The van der Waals surface area contributed by atoms with Gasteiger partial charge < -0.3 is 0 Å². The van der Waals surface area contributed by atoms with Gasteiger partial charge in [-0.3, -0.25) is 0 Å². The monoisotopic (exact) mass is 232 g/mol. The van der Waals surface area contributed by atoms with Crippen LogP contribution in [0.15, 0.2) is 18.2 Å². The Morgan fingerprint density at radius 2 is 2.07 bits per heavy atom. The molecule has 0 radical (unpaired) electrons. The summed E-state index contributed by atoms with van der Waals surface area (Å²) in [7, 11) is 0. The minimum atomic E-state index is -0.799. The molecule has 0 saturated carbocycles. The van der Waals surface area contributed by atoms with Crippen LogP contribution in [0, 0.1) is 11.6 Å². The van der Waals surface area contributed by atoms with Crippen LogP contribution in [0.25, 0.3) is 0 Å². The summed E-state index contributed by atoms with van der Waals surface area (Å²) in [6.07, 6.45) is 3.32. The second-order valence-electron chi connectivity index (χ2n) is 3.66. The van der Waals surface area contributed by atoms with E-state index in [1.807, 2.05) is 0 Å². The third kappa shape index (κ3) is 3.78. The van der Waals surface area contributed by atoms with E-state index in [0.717, 1.165) is 25.3 Å². The van der Waals surface area contributed by atoms with Gasteiger partial charge in [0.05, 0.1) is 0 Å². The van der Waals surface area contributed by atoms with Crippen molar-refractivity contribution in [2.75, 3.05) is 0 Å². The van der Waals surface area contributed by atoms with Crippen molar-refractivity contribution in [3.63, 3.8) is 0 Å². The van der Waals surface area contributed by atoms with Gasteiger partial charge in [-0.25, -0.2) is 8.78 Å². The Morgan fingerprint density at radius 3 is 2.73 bits per heavy atom. The van der Waals surface area contributed by atoms with Crippen LogP contribution in [0.4, 0.5) is 8.78 Å². The maximum atomic E-state index is 13.3. The van der Waals surface area contributed by atoms with Crippen molar-refractivity contribution in [3.8, 4) is 0 Å². The van der Waals surface area contributed by atoms with Gasteiger partial charge in [0.15, 0.2) is 11.6 Å². The van der Waals surface area contributed by atoms with Crippen molar-refractivity contribution in [3.05, 3.63) is 35.4 Å². The standard InChI is InChI=1S/C12H15ClF2/c1-2-3-6-10(13)8-9-5-4-7-11(14)12(9)15/h4-5,7,10H,2-3,6,8H2,1H3. The van der Waals surface area contributed by atoms with E-state index in [4.69, 9.17) is 11.6 Å². The number of unbranched alkanes of at least 4 members (excludes halogenated alkanes) is 1. The Kier molecular flexibility index (Phi) is 5.03. The topological polar surface area (TPSA) is 0 Å². The molecule has 3 heteroatoms. The maximum absolute atomic E-state index is 13.3. The average Bonchev–Trinajstić information content (AvgIpc) is 2.22. The van der Waals surface area contributed by atoms with Gasteiger partial charge >= 0.3 is 0 Å². The summed E-state index contributed by atoms with van der Waals surface area (Å²) in [5.41, 5.74) is 0.367. The number of hydrogen-bond donors (Lipinski definition) is 0. The van der Waals surface area contributed by atoms with Crippen molar-refractivity contribution >= 4 is 11.6 Å². The summed E-state index contributed by atoms with van der Waals surface area (Å²) in [6.45, 7) is 2.08. The van der Waals surface area contributed by atoms with Crippen LogP contribution in [0.5, 0.6) is 0 Å². The normalized spacial score (nSPS) is 12.8. The smallest absolute Gasteiger partial charge is 0.162 e. The number of benzene rings is 1. The van der Waals surface area contributed by atoms with Crippen molar-refractivity contribution in [1.82, 2.24) is 0 Å². The fourth-order valence-corrected chi connectivity index (χ4v) is 1.79. The number of halogens is 3. The van der Waals surface area contributed by atoms with E-state index in [2.05, 4.69) is 6.92 Å². The molecule has 0 bridgehead atoms. The van der Waals surface area contributed by atoms with E-state index in [1.54, 1.807) is 6.07 Å². The number of alkyl halides is 1. The maximum Gasteiger partial charge on any atom is 0.162 e. The molecule has 1 aromatic rings. The van der Waals surface area contributed by atoms with E-state index < -0.39 is 11.6 Å². The van der Waals surface area contributed by atoms with Gasteiger partial charge in [-0.2, -0.15) is 0 Å². The van der Waals surface area contributed by atoms with E-state index >= 15 is 0 Å². The Bertz CT molecular complexity index is 312. The van der Waals surface area contributed by atoms with Gasteiger partial charge in [-0.15, -0.1) is 11.6 Å². The molecule has 0 aromatic heterocycles. The van der Waals surface area contributed by atoms with E-state index in [1.165, 1.54) is 6.07 Å². The molecule has 0 nitrogen and oxygen atoms in total. The van der Waals surface area contributed by atoms with Crippen LogP contribution in [-0.4, -0.2) is 5.38 Å². The Balaban J connectivity index is 2.60. The van der Waals surface area contributed by atoms with Crippen molar-refractivity contribution in [1.29, 1.82) is 0 Å². The first-order valence-electron chi connectivity index (χ1n) is 5.22. The highest BCUT2D eigenvalue weighted by molar-refractivity contribution is 6.20. The lowest BCUT2D eigenvalue weighted by molar-refractivity contribution is 0.496. The molecular weight excluding hydrogens is 218 g/mol. The highest BCUT2D eigenvalue weighted by Gasteiger charge is 2.11. The molecule has 0 heterocycles. The molecule has 0 saturated heterocycles. The first-order valence-corrected chi connectivity index (χ1v) is 5.65. The minimum Gasteiger partial charge on any atom is -0.204 e. The molecule has 1 rings (SSSR count). The summed E-state index contributed by atoms with van der Waals surface area (Å²) in [4.78, 5) is 0. The lowest BCUT2D eigenvalue weighted by atomic mass is 10.1. The van der Waals surface area contributed by atoms with E-state index in [0.29, 0.717) is 12.0 Å². The summed E-state index contributed by atoms with van der Waals surface area (Å²) in [5, 5.41) is -0.110. The lowest BCUT2D eigenvalue weighted by Gasteiger charge is -2.09. The third-order valence-corrected chi connectivity index (χ3v) is 2.72. The highest BCUT2D eigenvalue weighted by atomic mass is 35.5. The minimum absolute atomic E-state index is 0.110. The quantitative estimate of drug-likeness (QED) is 0.664. The van der Waals surface area contributed by atoms with Crippen LogP contribution < -0.4 is 0 Å². The van der Waals surface area contributed by atoms with E-state index in [-0.39, 0.29) is 5.38 Å². The number of rotatable bonds is 5. The molecule has 0 spiro atoms. The molecular formula is C12H15ClF2. The van der Waals surface area contributed by atoms with Crippen LogP contribution >= 0.6 is 11.6 Å². The van der Waals surface area contributed by atoms with Crippen LogP contribution in [0.3, 0.4) is 0 Å². The Labute approximate surface area is 94.3 Å². The molecule has 0 N–H and O–H groups in total. The zero-order chi connectivity index (χ0) is 11.3. The summed E-state index contributed by atoms with van der Waals surface area (Å²) >= 11 is 6.03. The first kappa shape index (κ1) is 12.4. The molecule has 0 amide bonds. The van der Waals surface area contributed by atoms with Crippen LogP contribution in [0.1, 0.15) is 31.7 Å². The van der Waals surface area contributed by atoms with Gasteiger partial charge in [0.1, 0.15) is 0 Å². The molecule has 1 aromatic carbocycles. The highest BCUT2D eigenvalue weighted by Crippen LogP contribution is 2.18. The number of hydrogen-bond acceptors (Lipinski definition) is 0. The fourth-order valence-electron chi connectivity index (χ4n) is 1.47. The average molecular weight is 233 g/mol. The molecule has 0 aliphatic carbocycles. The van der Waals surface area contributed by atoms with Crippen LogP contribution in [-0.2, 0) is 6.42 Å². The van der Waals surface area contributed by atoms with Gasteiger partial charge in [-0.1, -0.05) is 31.9 Å². The molecule has 15 heavy (non-hydrogen) atoms.